The molecule has 3 rings (SSSR count). The summed E-state index contributed by atoms with van der Waals surface area (Å²) < 4.78 is 1.83. The molecular formula is C13H15N5O2. The summed E-state index contributed by atoms with van der Waals surface area (Å²) in [4.78, 5) is 14.4. The first-order valence-electron chi connectivity index (χ1n) is 6.57. The minimum atomic E-state index is -0.414. The normalized spacial score (nSPS) is 15.0. The monoisotopic (exact) mass is 273 g/mol. The maximum Gasteiger partial charge on any atom is 0.269 e. The number of aryl methyl sites for hydroxylation is 1. The molecule has 1 N–H and O–H groups in total. The highest BCUT2D eigenvalue weighted by molar-refractivity contribution is 5.56. The van der Waals surface area contributed by atoms with Gasteiger partial charge in [-0.3, -0.25) is 14.8 Å². The predicted octanol–water partition coefficient (Wildman–Crippen LogP) is 1.46. The summed E-state index contributed by atoms with van der Waals surface area (Å²) in [5.41, 5.74) is 0.866. The quantitative estimate of drug-likeness (QED) is 0.658. The average Bonchev–Trinajstić information content (AvgIpc) is 2.86. The zero-order valence-corrected chi connectivity index (χ0v) is 10.9. The van der Waals surface area contributed by atoms with Gasteiger partial charge in [0.05, 0.1) is 4.92 Å². The van der Waals surface area contributed by atoms with E-state index < -0.39 is 4.92 Å². The van der Waals surface area contributed by atoms with E-state index >= 15 is 0 Å². The number of nitrogens with zero attached hydrogens (tertiary/aromatic N) is 4. The van der Waals surface area contributed by atoms with Crippen LogP contribution in [-0.4, -0.2) is 32.8 Å². The molecule has 0 bridgehead atoms. The summed E-state index contributed by atoms with van der Waals surface area (Å²) >= 11 is 0. The van der Waals surface area contributed by atoms with Gasteiger partial charge in [-0.05, 0) is 37.6 Å². The number of rotatable bonds is 5. The van der Waals surface area contributed by atoms with Crippen LogP contribution in [0.3, 0.4) is 0 Å². The predicted molar refractivity (Wildman–Crippen MR) is 73.1 cm³/mol. The van der Waals surface area contributed by atoms with E-state index in [1.807, 2.05) is 4.68 Å². The molecule has 0 radical (unpaired) electrons. The lowest BCUT2D eigenvalue weighted by atomic mass is 10.00. The summed E-state index contributed by atoms with van der Waals surface area (Å²) in [6, 6.07) is 6.29. The number of nitro benzene ring substituents is 1. The summed E-state index contributed by atoms with van der Waals surface area (Å²) in [5, 5.41) is 18.2. The van der Waals surface area contributed by atoms with E-state index in [1.165, 1.54) is 12.1 Å². The van der Waals surface area contributed by atoms with Gasteiger partial charge in [-0.15, -0.1) is 0 Å². The molecule has 0 atom stereocenters. The van der Waals surface area contributed by atoms with E-state index in [0.29, 0.717) is 5.82 Å². The molecule has 20 heavy (non-hydrogen) atoms. The first kappa shape index (κ1) is 12.7. The van der Waals surface area contributed by atoms with Crippen LogP contribution in [0.25, 0.3) is 11.4 Å². The number of aromatic nitrogens is 3. The molecule has 2 heterocycles. The molecule has 2 aromatic rings. The molecule has 1 aliphatic heterocycles. The molecule has 104 valence electrons. The van der Waals surface area contributed by atoms with Crippen LogP contribution >= 0.6 is 0 Å². The van der Waals surface area contributed by atoms with Gasteiger partial charge in [-0.25, -0.2) is 4.98 Å². The van der Waals surface area contributed by atoms with E-state index in [4.69, 9.17) is 0 Å². The van der Waals surface area contributed by atoms with E-state index in [1.54, 1.807) is 18.5 Å². The van der Waals surface area contributed by atoms with Gasteiger partial charge in [0.25, 0.3) is 5.69 Å². The first-order chi connectivity index (χ1) is 9.72. The zero-order valence-electron chi connectivity index (χ0n) is 10.9. The van der Waals surface area contributed by atoms with Gasteiger partial charge in [0, 0.05) is 24.2 Å². The Morgan fingerprint density at radius 3 is 2.70 bits per heavy atom. The fourth-order valence-electron chi connectivity index (χ4n) is 2.13. The third-order valence-electron chi connectivity index (χ3n) is 3.51. The molecule has 0 saturated carbocycles. The van der Waals surface area contributed by atoms with E-state index in [-0.39, 0.29) is 5.69 Å². The van der Waals surface area contributed by atoms with Crippen LogP contribution < -0.4 is 5.32 Å². The van der Waals surface area contributed by atoms with Gasteiger partial charge in [0.1, 0.15) is 6.33 Å². The Hall–Kier alpha value is -2.28. The van der Waals surface area contributed by atoms with Crippen molar-refractivity contribution in [1.29, 1.82) is 0 Å². The summed E-state index contributed by atoms with van der Waals surface area (Å²) in [7, 11) is 0. The van der Waals surface area contributed by atoms with Crippen LogP contribution in [0.15, 0.2) is 30.6 Å². The SMILES string of the molecule is O=[N+]([O-])c1ccc(-c2ncn(CCC3CNC3)n2)cc1. The van der Waals surface area contributed by atoms with Gasteiger partial charge in [-0.1, -0.05) is 0 Å². The molecule has 0 spiro atoms. The molecule has 7 heteroatoms. The smallest absolute Gasteiger partial charge is 0.269 e. The van der Waals surface area contributed by atoms with Crippen molar-refractivity contribution in [1.82, 2.24) is 20.1 Å². The molecule has 1 saturated heterocycles. The molecule has 0 unspecified atom stereocenters. The fourth-order valence-corrected chi connectivity index (χ4v) is 2.13. The second-order valence-electron chi connectivity index (χ2n) is 4.95. The molecule has 1 aromatic carbocycles. The molecule has 1 fully saturated rings. The third kappa shape index (κ3) is 2.67. The highest BCUT2D eigenvalue weighted by Crippen LogP contribution is 2.19. The maximum atomic E-state index is 10.6. The van der Waals surface area contributed by atoms with Crippen molar-refractivity contribution >= 4 is 5.69 Å². The van der Waals surface area contributed by atoms with Crippen LogP contribution in [0, 0.1) is 16.0 Å². The van der Waals surface area contributed by atoms with Crippen molar-refractivity contribution in [2.75, 3.05) is 13.1 Å². The lowest BCUT2D eigenvalue weighted by Gasteiger charge is -2.26. The van der Waals surface area contributed by atoms with Crippen LogP contribution in [-0.2, 0) is 6.54 Å². The Morgan fingerprint density at radius 2 is 2.10 bits per heavy atom. The Balaban J connectivity index is 1.67. The zero-order chi connectivity index (χ0) is 13.9. The van der Waals surface area contributed by atoms with Crippen LogP contribution in [0.2, 0.25) is 0 Å². The molecule has 0 amide bonds. The van der Waals surface area contributed by atoms with Gasteiger partial charge in [0.15, 0.2) is 5.82 Å². The molecule has 1 aliphatic rings. The van der Waals surface area contributed by atoms with Crippen LogP contribution in [0.5, 0.6) is 0 Å². The summed E-state index contributed by atoms with van der Waals surface area (Å²) in [6.07, 6.45) is 2.80. The maximum absolute atomic E-state index is 10.6. The summed E-state index contributed by atoms with van der Waals surface area (Å²) in [6.45, 7) is 3.03. The molecule has 7 nitrogen and oxygen atoms in total. The second kappa shape index (κ2) is 5.38. The van der Waals surface area contributed by atoms with Crippen molar-refractivity contribution in [3.63, 3.8) is 0 Å². The lowest BCUT2D eigenvalue weighted by Crippen LogP contribution is -2.42. The first-order valence-corrected chi connectivity index (χ1v) is 6.57. The van der Waals surface area contributed by atoms with E-state index in [9.17, 15) is 10.1 Å². The van der Waals surface area contributed by atoms with Crippen molar-refractivity contribution in [2.24, 2.45) is 5.92 Å². The van der Waals surface area contributed by atoms with E-state index in [0.717, 1.165) is 37.5 Å². The van der Waals surface area contributed by atoms with Crippen LogP contribution in [0.1, 0.15) is 6.42 Å². The Bertz CT molecular complexity index is 603. The van der Waals surface area contributed by atoms with Crippen molar-refractivity contribution in [2.45, 2.75) is 13.0 Å². The average molecular weight is 273 g/mol. The second-order valence-corrected chi connectivity index (χ2v) is 4.95. The number of nitrogens with one attached hydrogen (secondary N) is 1. The third-order valence-corrected chi connectivity index (χ3v) is 3.51. The largest absolute Gasteiger partial charge is 0.316 e. The topological polar surface area (TPSA) is 85.9 Å². The molecule has 0 aliphatic carbocycles. The highest BCUT2D eigenvalue weighted by Gasteiger charge is 2.16. The highest BCUT2D eigenvalue weighted by atomic mass is 16.6. The number of non-ortho nitro benzene ring substituents is 1. The van der Waals surface area contributed by atoms with E-state index in [2.05, 4.69) is 15.4 Å². The minimum absolute atomic E-state index is 0.0747. The molecule has 1 aromatic heterocycles. The lowest BCUT2D eigenvalue weighted by molar-refractivity contribution is -0.384. The Kier molecular flexibility index (Phi) is 3.42. The van der Waals surface area contributed by atoms with Gasteiger partial charge >= 0.3 is 0 Å². The Morgan fingerprint density at radius 1 is 1.35 bits per heavy atom. The number of hydrogen-bond acceptors (Lipinski definition) is 5. The van der Waals surface area contributed by atoms with Crippen LogP contribution in [0.4, 0.5) is 5.69 Å². The number of nitro groups is 1. The fraction of sp³-hybridized carbons (Fsp3) is 0.385. The number of hydrogen-bond donors (Lipinski definition) is 1. The summed E-state index contributed by atoms with van der Waals surface area (Å²) in [5.74, 6) is 1.34. The van der Waals surface area contributed by atoms with Crippen molar-refractivity contribution in [3.8, 4) is 11.4 Å². The van der Waals surface area contributed by atoms with Gasteiger partial charge in [-0.2, -0.15) is 5.10 Å². The molecular weight excluding hydrogens is 258 g/mol. The van der Waals surface area contributed by atoms with Crippen molar-refractivity contribution < 1.29 is 4.92 Å². The number of benzene rings is 1. The standard InChI is InChI=1S/C13H15N5O2/c19-18(20)12-3-1-11(2-4-12)13-15-9-17(16-13)6-5-10-7-14-8-10/h1-4,9-10,14H,5-8H2. The minimum Gasteiger partial charge on any atom is -0.316 e. The van der Waals surface area contributed by atoms with Gasteiger partial charge in [0.2, 0.25) is 0 Å². The van der Waals surface area contributed by atoms with Gasteiger partial charge < -0.3 is 5.32 Å². The van der Waals surface area contributed by atoms with Crippen molar-refractivity contribution in [3.05, 3.63) is 40.7 Å². The Labute approximate surface area is 115 Å².